The number of carboxylic acids is 1. The first-order valence-corrected chi connectivity index (χ1v) is 11.5. The highest BCUT2D eigenvalue weighted by Gasteiger charge is 2.39. The molecule has 0 atom stereocenters. The zero-order valence-electron chi connectivity index (χ0n) is 19.7. The summed E-state index contributed by atoms with van der Waals surface area (Å²) >= 11 is 0. The number of ether oxygens (including phenoxy) is 3. The molecule has 1 aliphatic carbocycles. The molecule has 4 rings (SSSR count). The van der Waals surface area contributed by atoms with Gasteiger partial charge in [-0.1, -0.05) is 42.5 Å². The molecule has 1 saturated carbocycles. The van der Waals surface area contributed by atoms with Gasteiger partial charge in [-0.05, 0) is 55.0 Å². The van der Waals surface area contributed by atoms with Crippen LogP contribution in [0.15, 0.2) is 54.6 Å². The number of nitrogens with zero attached hydrogens (tertiary/aromatic N) is 1. The fourth-order valence-corrected chi connectivity index (χ4v) is 4.61. The van der Waals surface area contributed by atoms with Crippen LogP contribution in [0.2, 0.25) is 0 Å². The van der Waals surface area contributed by atoms with E-state index in [2.05, 4.69) is 0 Å². The smallest absolute Gasteiger partial charge is 0.339 e. The zero-order chi connectivity index (χ0) is 25.0. The highest BCUT2D eigenvalue weighted by atomic mass is 16.5. The zero-order valence-corrected chi connectivity index (χ0v) is 19.7. The maximum absolute atomic E-state index is 13.0. The van der Waals surface area contributed by atoms with E-state index in [1.807, 2.05) is 55.5 Å². The van der Waals surface area contributed by atoms with Gasteiger partial charge < -0.3 is 19.3 Å². The number of carbonyl (C=O) groups is 2. The van der Waals surface area contributed by atoms with E-state index >= 15 is 0 Å². The average Bonchev–Trinajstić information content (AvgIpc) is 2.88. The van der Waals surface area contributed by atoms with E-state index in [4.69, 9.17) is 14.2 Å². The number of methoxy groups -OCH3 is 1. The van der Waals surface area contributed by atoms with Gasteiger partial charge in [-0.3, -0.25) is 4.79 Å². The number of aromatic carboxylic acids is 1. The van der Waals surface area contributed by atoms with Crippen LogP contribution < -0.4 is 9.47 Å². The molecule has 7 nitrogen and oxygen atoms in total. The Bertz CT molecular complexity index is 1300. The Balaban J connectivity index is 1.39. The molecule has 1 N–H and O–H groups in total. The molecule has 0 aliphatic heterocycles. The molecule has 0 radical (unpaired) electrons. The van der Waals surface area contributed by atoms with Crippen molar-refractivity contribution < 1.29 is 28.9 Å². The molecule has 0 amide bonds. The summed E-state index contributed by atoms with van der Waals surface area (Å²) in [7, 11) is 1.32. The van der Waals surface area contributed by atoms with Crippen molar-refractivity contribution in [2.75, 3.05) is 7.11 Å². The third-order valence-electron chi connectivity index (χ3n) is 6.69. The lowest BCUT2D eigenvalue weighted by Crippen LogP contribution is -2.37. The van der Waals surface area contributed by atoms with Gasteiger partial charge in [-0.15, -0.1) is 0 Å². The number of fused-ring (bicyclic) bond motifs is 1. The second-order valence-corrected chi connectivity index (χ2v) is 9.06. The van der Waals surface area contributed by atoms with Crippen LogP contribution in [-0.2, 0) is 16.1 Å². The molecule has 1 fully saturated rings. The van der Waals surface area contributed by atoms with Crippen LogP contribution in [0.25, 0.3) is 10.8 Å². The molecule has 3 aromatic carbocycles. The number of rotatable bonds is 7. The lowest BCUT2D eigenvalue weighted by atomic mass is 9.74. The van der Waals surface area contributed by atoms with Crippen LogP contribution in [0, 0.1) is 16.7 Å². The Labute approximate surface area is 203 Å². The van der Waals surface area contributed by atoms with Gasteiger partial charge in [-0.2, -0.15) is 5.26 Å². The first-order chi connectivity index (χ1) is 16.8. The maximum atomic E-state index is 13.0. The Morgan fingerprint density at radius 1 is 1.11 bits per heavy atom. The molecule has 180 valence electrons. The quantitative estimate of drug-likeness (QED) is 0.452. The van der Waals surface area contributed by atoms with Crippen molar-refractivity contribution in [1.82, 2.24) is 0 Å². The SMILES string of the molecule is COc1c(C#N)cc(OC2CCC(C)(C(=O)OCc3cccc4ccccc34)CC2)cc1C(=O)O. The molecule has 35 heavy (non-hydrogen) atoms. The first-order valence-electron chi connectivity index (χ1n) is 11.5. The number of carbonyl (C=O) groups excluding carboxylic acids is 1. The minimum absolute atomic E-state index is 0.0116. The van der Waals surface area contributed by atoms with Gasteiger partial charge in [-0.25, -0.2) is 4.79 Å². The Morgan fingerprint density at radius 3 is 2.51 bits per heavy atom. The van der Waals surface area contributed by atoms with E-state index < -0.39 is 11.4 Å². The monoisotopic (exact) mass is 473 g/mol. The summed E-state index contributed by atoms with van der Waals surface area (Å²) in [4.78, 5) is 24.6. The van der Waals surface area contributed by atoms with Gasteiger partial charge in [0.05, 0.1) is 24.2 Å². The van der Waals surface area contributed by atoms with Gasteiger partial charge in [0, 0.05) is 6.07 Å². The van der Waals surface area contributed by atoms with E-state index in [0.29, 0.717) is 31.4 Å². The largest absolute Gasteiger partial charge is 0.494 e. The minimum Gasteiger partial charge on any atom is -0.494 e. The molecular formula is C28H27NO6. The summed E-state index contributed by atoms with van der Waals surface area (Å²) in [5.41, 5.74) is 0.326. The lowest BCUT2D eigenvalue weighted by molar-refractivity contribution is -0.159. The van der Waals surface area contributed by atoms with Crippen LogP contribution >= 0.6 is 0 Å². The van der Waals surface area contributed by atoms with E-state index in [-0.39, 0.29) is 35.6 Å². The van der Waals surface area contributed by atoms with Crippen LogP contribution in [0.5, 0.6) is 11.5 Å². The van der Waals surface area contributed by atoms with Gasteiger partial charge in [0.15, 0.2) is 5.75 Å². The second-order valence-electron chi connectivity index (χ2n) is 9.06. The summed E-state index contributed by atoms with van der Waals surface area (Å²) in [5.74, 6) is -1.12. The molecular weight excluding hydrogens is 446 g/mol. The average molecular weight is 474 g/mol. The predicted octanol–water partition coefficient (Wildman–Crippen LogP) is 5.49. The highest BCUT2D eigenvalue weighted by molar-refractivity contribution is 5.92. The van der Waals surface area contributed by atoms with Crippen LogP contribution in [0.1, 0.15) is 54.1 Å². The fraction of sp³-hybridized carbons (Fsp3) is 0.321. The van der Waals surface area contributed by atoms with Crippen molar-refractivity contribution in [3.63, 3.8) is 0 Å². The topological polar surface area (TPSA) is 106 Å². The molecule has 7 heteroatoms. The molecule has 0 saturated heterocycles. The van der Waals surface area contributed by atoms with Crippen LogP contribution in [0.4, 0.5) is 0 Å². The van der Waals surface area contributed by atoms with Crippen LogP contribution in [0.3, 0.4) is 0 Å². The molecule has 0 spiro atoms. The van der Waals surface area contributed by atoms with E-state index in [0.717, 1.165) is 16.3 Å². The molecule has 3 aromatic rings. The molecule has 0 bridgehead atoms. The number of hydrogen-bond acceptors (Lipinski definition) is 6. The number of carboxylic acid groups (broad SMARTS) is 1. The van der Waals surface area contributed by atoms with Crippen molar-refractivity contribution in [2.24, 2.45) is 5.41 Å². The normalized spacial score (nSPS) is 19.5. The predicted molar refractivity (Wildman–Crippen MR) is 129 cm³/mol. The van der Waals surface area contributed by atoms with Gasteiger partial charge in [0.2, 0.25) is 0 Å². The summed E-state index contributed by atoms with van der Waals surface area (Å²) in [6, 6.07) is 18.8. The van der Waals surface area contributed by atoms with Gasteiger partial charge in [0.25, 0.3) is 0 Å². The van der Waals surface area contributed by atoms with Crippen molar-refractivity contribution in [3.05, 3.63) is 71.3 Å². The molecule has 0 heterocycles. The summed E-state index contributed by atoms with van der Waals surface area (Å²) < 4.78 is 16.8. The van der Waals surface area contributed by atoms with E-state index in [9.17, 15) is 20.0 Å². The number of hydrogen-bond donors (Lipinski definition) is 1. The molecule has 0 aromatic heterocycles. The second kappa shape index (κ2) is 10.1. The lowest BCUT2D eigenvalue weighted by Gasteiger charge is -2.35. The number of nitriles is 1. The Morgan fingerprint density at radius 2 is 1.83 bits per heavy atom. The standard InChI is InChI=1S/C28H27NO6/c1-28(27(32)34-17-19-8-5-7-18-6-3-4-9-23(18)19)12-10-21(11-13-28)35-22-14-20(16-29)25(33-2)24(15-22)26(30)31/h3-9,14-15,21H,10-13,17H2,1-2H3,(H,30,31). The number of esters is 1. The Kier molecular flexibility index (Phi) is 6.92. The molecule has 1 aliphatic rings. The van der Waals surface area contributed by atoms with Gasteiger partial charge >= 0.3 is 11.9 Å². The third-order valence-corrected chi connectivity index (χ3v) is 6.69. The Hall–Kier alpha value is -4.05. The van der Waals surface area contributed by atoms with Crippen molar-refractivity contribution >= 4 is 22.7 Å². The summed E-state index contributed by atoms with van der Waals surface area (Å²) in [6.07, 6.45) is 2.18. The minimum atomic E-state index is -1.20. The highest BCUT2D eigenvalue weighted by Crippen LogP contribution is 2.39. The van der Waals surface area contributed by atoms with Crippen molar-refractivity contribution in [3.8, 4) is 17.6 Å². The van der Waals surface area contributed by atoms with Crippen molar-refractivity contribution in [1.29, 1.82) is 5.26 Å². The molecule has 0 unspecified atom stereocenters. The fourth-order valence-electron chi connectivity index (χ4n) is 4.61. The summed E-state index contributed by atoms with van der Waals surface area (Å²) in [6.45, 7) is 2.13. The maximum Gasteiger partial charge on any atom is 0.339 e. The number of benzene rings is 3. The van der Waals surface area contributed by atoms with Crippen LogP contribution in [-0.4, -0.2) is 30.3 Å². The third kappa shape index (κ3) is 5.07. The van der Waals surface area contributed by atoms with E-state index in [1.165, 1.54) is 19.2 Å². The van der Waals surface area contributed by atoms with E-state index in [1.54, 1.807) is 0 Å². The summed E-state index contributed by atoms with van der Waals surface area (Å²) in [5, 5.41) is 21.0. The van der Waals surface area contributed by atoms with Gasteiger partial charge in [0.1, 0.15) is 24.0 Å². The first kappa shape index (κ1) is 24.1. The van der Waals surface area contributed by atoms with Crippen molar-refractivity contribution in [2.45, 2.75) is 45.3 Å².